The number of hydrogen-bond donors (Lipinski definition) is 3. The minimum absolute atomic E-state index is 0.0179. The maximum Gasteiger partial charge on any atom is 0.315 e. The zero-order valence-electron chi connectivity index (χ0n) is 11.4. The smallest absolute Gasteiger partial charge is 0.315 e. The van der Waals surface area contributed by atoms with Crippen molar-refractivity contribution in [2.45, 2.75) is 12.6 Å². The van der Waals surface area contributed by atoms with Gasteiger partial charge in [0.25, 0.3) is 0 Å². The van der Waals surface area contributed by atoms with Gasteiger partial charge in [0.1, 0.15) is 5.82 Å². The monoisotopic (exact) mass is 288 g/mol. The Morgan fingerprint density at radius 1 is 1.10 bits per heavy atom. The molecule has 2 amide bonds. The summed E-state index contributed by atoms with van der Waals surface area (Å²) in [7, 11) is 0. The first-order valence-electron chi connectivity index (χ1n) is 6.64. The number of urea groups is 1. The molecule has 4 nitrogen and oxygen atoms in total. The fraction of sp³-hybridized carbons (Fsp3) is 0.188. The summed E-state index contributed by atoms with van der Waals surface area (Å²) < 4.78 is 13.0. The van der Waals surface area contributed by atoms with Gasteiger partial charge in [-0.05, 0) is 23.3 Å². The SMILES string of the molecule is O=C(NCc1ccccc1)NC[C@H](O)c1cccc(F)c1. The lowest BCUT2D eigenvalue weighted by Gasteiger charge is -2.13. The van der Waals surface area contributed by atoms with Gasteiger partial charge >= 0.3 is 6.03 Å². The Kier molecular flexibility index (Phi) is 5.29. The van der Waals surface area contributed by atoms with Gasteiger partial charge in [0.2, 0.25) is 0 Å². The molecule has 3 N–H and O–H groups in total. The van der Waals surface area contributed by atoms with Crippen LogP contribution in [0.3, 0.4) is 0 Å². The van der Waals surface area contributed by atoms with Gasteiger partial charge < -0.3 is 15.7 Å². The van der Waals surface area contributed by atoms with Crippen LogP contribution in [-0.4, -0.2) is 17.7 Å². The quantitative estimate of drug-likeness (QED) is 0.791. The van der Waals surface area contributed by atoms with Crippen molar-refractivity contribution in [3.8, 4) is 0 Å². The van der Waals surface area contributed by atoms with Crippen molar-refractivity contribution in [1.82, 2.24) is 10.6 Å². The molecular weight excluding hydrogens is 271 g/mol. The highest BCUT2D eigenvalue weighted by molar-refractivity contribution is 5.73. The van der Waals surface area contributed by atoms with Crippen molar-refractivity contribution in [3.63, 3.8) is 0 Å². The van der Waals surface area contributed by atoms with E-state index in [4.69, 9.17) is 0 Å². The standard InChI is InChI=1S/C16H17FN2O2/c17-14-8-4-7-13(9-14)15(20)11-19-16(21)18-10-12-5-2-1-3-6-12/h1-9,15,20H,10-11H2,(H2,18,19,21)/t15-/m0/s1. The molecule has 0 aliphatic heterocycles. The van der Waals surface area contributed by atoms with Crippen LogP contribution in [0.5, 0.6) is 0 Å². The topological polar surface area (TPSA) is 61.4 Å². The fourth-order valence-corrected chi connectivity index (χ4v) is 1.86. The van der Waals surface area contributed by atoms with E-state index in [1.54, 1.807) is 6.07 Å². The van der Waals surface area contributed by atoms with Gasteiger partial charge in [0.05, 0.1) is 6.10 Å². The molecule has 2 aromatic carbocycles. The number of nitrogens with one attached hydrogen (secondary N) is 2. The molecular formula is C16H17FN2O2. The summed E-state index contributed by atoms with van der Waals surface area (Å²) in [6.45, 7) is 0.423. The normalized spacial score (nSPS) is 11.7. The van der Waals surface area contributed by atoms with Crippen molar-refractivity contribution < 1.29 is 14.3 Å². The molecule has 5 heteroatoms. The molecule has 0 aliphatic carbocycles. The van der Waals surface area contributed by atoms with Crippen LogP contribution < -0.4 is 10.6 Å². The fourth-order valence-electron chi connectivity index (χ4n) is 1.86. The summed E-state index contributed by atoms with van der Waals surface area (Å²) in [6, 6.07) is 14.8. The highest BCUT2D eigenvalue weighted by atomic mass is 19.1. The highest BCUT2D eigenvalue weighted by Gasteiger charge is 2.09. The molecule has 0 saturated heterocycles. The third kappa shape index (κ3) is 4.89. The Hall–Kier alpha value is -2.40. The van der Waals surface area contributed by atoms with Crippen molar-refractivity contribution in [3.05, 3.63) is 71.5 Å². The number of carbonyl (C=O) groups excluding carboxylic acids is 1. The van der Waals surface area contributed by atoms with E-state index in [2.05, 4.69) is 10.6 Å². The molecule has 0 heterocycles. The molecule has 110 valence electrons. The zero-order valence-corrected chi connectivity index (χ0v) is 11.4. The van der Waals surface area contributed by atoms with Crippen molar-refractivity contribution >= 4 is 6.03 Å². The second-order valence-corrected chi connectivity index (χ2v) is 4.62. The molecule has 1 atom stereocenters. The van der Waals surface area contributed by atoms with E-state index in [-0.39, 0.29) is 12.6 Å². The lowest BCUT2D eigenvalue weighted by Crippen LogP contribution is -2.37. The summed E-state index contributed by atoms with van der Waals surface area (Å²) in [5.74, 6) is -0.417. The van der Waals surface area contributed by atoms with Crippen LogP contribution >= 0.6 is 0 Å². The van der Waals surface area contributed by atoms with Gasteiger partial charge in [-0.2, -0.15) is 0 Å². The summed E-state index contributed by atoms with van der Waals surface area (Å²) in [5.41, 5.74) is 1.41. The molecule has 0 fully saturated rings. The summed E-state index contributed by atoms with van der Waals surface area (Å²) in [6.07, 6.45) is -0.942. The van der Waals surface area contributed by atoms with Gasteiger partial charge in [-0.3, -0.25) is 0 Å². The Labute approximate surface area is 122 Å². The second-order valence-electron chi connectivity index (χ2n) is 4.62. The van der Waals surface area contributed by atoms with Gasteiger partial charge in [-0.25, -0.2) is 9.18 Å². The van der Waals surface area contributed by atoms with Crippen LogP contribution in [-0.2, 0) is 6.54 Å². The largest absolute Gasteiger partial charge is 0.387 e. The van der Waals surface area contributed by atoms with Crippen LogP contribution in [0.4, 0.5) is 9.18 Å². The molecule has 0 radical (unpaired) electrons. The molecule has 0 spiro atoms. The number of benzene rings is 2. The number of carbonyl (C=O) groups is 1. The molecule has 0 aliphatic rings. The molecule has 2 aromatic rings. The van der Waals surface area contributed by atoms with E-state index in [1.807, 2.05) is 30.3 Å². The van der Waals surface area contributed by atoms with E-state index in [0.717, 1.165) is 5.56 Å². The Bertz CT molecular complexity index is 590. The lowest BCUT2D eigenvalue weighted by molar-refractivity contribution is 0.172. The lowest BCUT2D eigenvalue weighted by atomic mass is 10.1. The maximum atomic E-state index is 13.0. The van der Waals surface area contributed by atoms with Crippen molar-refractivity contribution in [2.75, 3.05) is 6.54 Å². The van der Waals surface area contributed by atoms with Crippen LogP contribution in [0.1, 0.15) is 17.2 Å². The first-order chi connectivity index (χ1) is 10.1. The Balaban J connectivity index is 1.76. The number of hydrogen-bond acceptors (Lipinski definition) is 2. The summed E-state index contributed by atoms with van der Waals surface area (Å²) in [5, 5.41) is 15.1. The first-order valence-corrected chi connectivity index (χ1v) is 6.64. The van der Waals surface area contributed by atoms with E-state index in [0.29, 0.717) is 12.1 Å². The second kappa shape index (κ2) is 7.40. The maximum absolute atomic E-state index is 13.0. The summed E-state index contributed by atoms with van der Waals surface area (Å²) in [4.78, 5) is 11.6. The third-order valence-corrected chi connectivity index (χ3v) is 2.99. The molecule has 0 unspecified atom stereocenters. The molecule has 0 bridgehead atoms. The average molecular weight is 288 g/mol. The molecule has 0 saturated carbocycles. The van der Waals surface area contributed by atoms with E-state index >= 15 is 0 Å². The molecule has 2 rings (SSSR count). The number of aliphatic hydroxyl groups excluding tert-OH is 1. The predicted octanol–water partition coefficient (Wildman–Crippen LogP) is 2.36. The van der Waals surface area contributed by atoms with Gasteiger partial charge in [-0.15, -0.1) is 0 Å². The Morgan fingerprint density at radius 2 is 1.86 bits per heavy atom. The number of aliphatic hydroxyl groups is 1. The van der Waals surface area contributed by atoms with E-state index in [9.17, 15) is 14.3 Å². The van der Waals surface area contributed by atoms with Crippen molar-refractivity contribution in [2.24, 2.45) is 0 Å². The average Bonchev–Trinajstić information content (AvgIpc) is 2.51. The number of amides is 2. The van der Waals surface area contributed by atoms with Crippen LogP contribution in [0, 0.1) is 5.82 Å². The minimum atomic E-state index is -0.942. The van der Waals surface area contributed by atoms with Gasteiger partial charge in [0.15, 0.2) is 0 Å². The van der Waals surface area contributed by atoms with Gasteiger partial charge in [-0.1, -0.05) is 42.5 Å². The van der Waals surface area contributed by atoms with E-state index < -0.39 is 11.9 Å². The summed E-state index contributed by atoms with van der Waals surface area (Å²) >= 11 is 0. The van der Waals surface area contributed by atoms with Crippen LogP contribution in [0.2, 0.25) is 0 Å². The highest BCUT2D eigenvalue weighted by Crippen LogP contribution is 2.12. The molecule has 0 aromatic heterocycles. The Morgan fingerprint density at radius 3 is 2.57 bits per heavy atom. The van der Waals surface area contributed by atoms with Gasteiger partial charge in [0, 0.05) is 13.1 Å². The number of halogens is 1. The number of rotatable bonds is 5. The third-order valence-electron chi connectivity index (χ3n) is 2.99. The molecule has 21 heavy (non-hydrogen) atoms. The van der Waals surface area contributed by atoms with E-state index in [1.165, 1.54) is 18.2 Å². The predicted molar refractivity (Wildman–Crippen MR) is 78.0 cm³/mol. The van der Waals surface area contributed by atoms with Crippen molar-refractivity contribution in [1.29, 1.82) is 0 Å². The van der Waals surface area contributed by atoms with Crippen LogP contribution in [0.25, 0.3) is 0 Å². The first kappa shape index (κ1) is 15.0. The minimum Gasteiger partial charge on any atom is -0.387 e. The zero-order chi connectivity index (χ0) is 15.1. The van der Waals surface area contributed by atoms with Crippen LogP contribution in [0.15, 0.2) is 54.6 Å².